The average Bonchev–Trinajstić information content (AvgIpc) is 3.06. The van der Waals surface area contributed by atoms with Crippen molar-refractivity contribution in [3.63, 3.8) is 0 Å². The van der Waals surface area contributed by atoms with Gasteiger partial charge in [0, 0.05) is 49.9 Å². The van der Waals surface area contributed by atoms with Gasteiger partial charge in [-0.05, 0) is 26.8 Å². The van der Waals surface area contributed by atoms with E-state index < -0.39 is 0 Å². The molecular weight excluding hydrogens is 382 g/mol. The summed E-state index contributed by atoms with van der Waals surface area (Å²) in [5, 5.41) is 11.6. The van der Waals surface area contributed by atoms with E-state index in [-0.39, 0.29) is 11.4 Å². The number of amides is 1. The summed E-state index contributed by atoms with van der Waals surface area (Å²) in [5.41, 5.74) is 1.24. The van der Waals surface area contributed by atoms with E-state index in [4.69, 9.17) is 4.74 Å². The van der Waals surface area contributed by atoms with Crippen LogP contribution in [0.3, 0.4) is 0 Å². The molecule has 1 aliphatic rings. The number of hydrogen-bond donors (Lipinski definition) is 2. The monoisotopic (exact) mass is 409 g/mol. The number of ether oxygens (including phenoxy) is 1. The largest absolute Gasteiger partial charge is 0.493 e. The first kappa shape index (κ1) is 20.1. The number of fused-ring (bicyclic) bond motifs is 1. The third-order valence-electron chi connectivity index (χ3n) is 5.04. The van der Waals surface area contributed by atoms with E-state index >= 15 is 0 Å². The lowest BCUT2D eigenvalue weighted by Crippen LogP contribution is -2.57. The fourth-order valence-electron chi connectivity index (χ4n) is 3.70. The van der Waals surface area contributed by atoms with Crippen molar-refractivity contribution in [2.75, 3.05) is 36.5 Å². The number of rotatable bonds is 5. The van der Waals surface area contributed by atoms with Crippen molar-refractivity contribution in [3.8, 4) is 5.75 Å². The molecule has 0 atom stereocenters. The van der Waals surface area contributed by atoms with Crippen LogP contribution in [0.4, 0.5) is 11.6 Å². The Morgan fingerprint density at radius 2 is 2.13 bits per heavy atom. The summed E-state index contributed by atoms with van der Waals surface area (Å²) in [6.07, 6.45) is 5.15. The first-order chi connectivity index (χ1) is 14.3. The van der Waals surface area contributed by atoms with Crippen LogP contribution in [-0.4, -0.2) is 57.4 Å². The van der Waals surface area contributed by atoms with E-state index in [1.807, 2.05) is 20.2 Å². The molecule has 0 radical (unpaired) electrons. The zero-order valence-corrected chi connectivity index (χ0v) is 17.8. The summed E-state index contributed by atoms with van der Waals surface area (Å²) >= 11 is 0. The predicted octanol–water partition coefficient (Wildman–Crippen LogP) is 2.20. The van der Waals surface area contributed by atoms with Crippen LogP contribution in [0.5, 0.6) is 5.75 Å². The number of carbonyl (C=O) groups excluding carboxylic acids is 1. The molecule has 158 valence electrons. The molecule has 1 saturated heterocycles. The number of aryl methyl sites for hydroxylation is 1. The lowest BCUT2D eigenvalue weighted by atomic mass is 10.0. The van der Waals surface area contributed by atoms with Crippen LogP contribution in [0.15, 0.2) is 30.7 Å². The van der Waals surface area contributed by atoms with Gasteiger partial charge in [-0.15, -0.1) is 0 Å². The number of benzene rings is 1. The molecule has 0 spiro atoms. The van der Waals surface area contributed by atoms with Gasteiger partial charge in [-0.2, -0.15) is 5.10 Å². The van der Waals surface area contributed by atoms with E-state index in [1.165, 1.54) is 0 Å². The summed E-state index contributed by atoms with van der Waals surface area (Å²) in [6.45, 7) is 9.26. The highest BCUT2D eigenvalue weighted by molar-refractivity contribution is 6.08. The summed E-state index contributed by atoms with van der Waals surface area (Å²) in [4.78, 5) is 24.0. The Balaban J connectivity index is 1.53. The highest BCUT2D eigenvalue weighted by Crippen LogP contribution is 2.26. The first-order valence-electron chi connectivity index (χ1n) is 10.1. The lowest BCUT2D eigenvalue weighted by molar-refractivity contribution is 0.102. The number of piperazine rings is 1. The third kappa shape index (κ3) is 4.20. The van der Waals surface area contributed by atoms with Crippen LogP contribution in [0.2, 0.25) is 0 Å². The molecule has 30 heavy (non-hydrogen) atoms. The fourth-order valence-corrected chi connectivity index (χ4v) is 3.70. The summed E-state index contributed by atoms with van der Waals surface area (Å²) in [7, 11) is 1.84. The molecule has 2 N–H and O–H groups in total. The van der Waals surface area contributed by atoms with Gasteiger partial charge in [-0.1, -0.05) is 0 Å². The van der Waals surface area contributed by atoms with E-state index in [0.717, 1.165) is 36.4 Å². The average molecular weight is 409 g/mol. The molecule has 9 nitrogen and oxygen atoms in total. The van der Waals surface area contributed by atoms with Gasteiger partial charge in [-0.3, -0.25) is 9.48 Å². The van der Waals surface area contributed by atoms with Gasteiger partial charge in [0.25, 0.3) is 5.91 Å². The molecule has 2 aromatic heterocycles. The normalized spacial score (nSPS) is 15.9. The zero-order chi connectivity index (χ0) is 21.3. The smallest absolute Gasteiger partial charge is 0.260 e. The molecule has 0 bridgehead atoms. The Bertz CT molecular complexity index is 1060. The van der Waals surface area contributed by atoms with E-state index in [1.54, 1.807) is 29.2 Å². The minimum atomic E-state index is -0.297. The van der Waals surface area contributed by atoms with Crippen LogP contribution in [0.1, 0.15) is 31.1 Å². The second kappa shape index (κ2) is 7.91. The number of anilines is 2. The zero-order valence-electron chi connectivity index (χ0n) is 17.8. The third-order valence-corrected chi connectivity index (χ3v) is 5.04. The Labute approximate surface area is 175 Å². The number of nitrogens with one attached hydrogen (secondary N) is 2. The Kier molecular flexibility index (Phi) is 5.29. The summed E-state index contributed by atoms with van der Waals surface area (Å²) in [5.74, 6) is 1.39. The van der Waals surface area contributed by atoms with Gasteiger partial charge >= 0.3 is 0 Å². The molecule has 3 heterocycles. The molecule has 1 aliphatic heterocycles. The SMILES string of the molecule is CCOc1cc2nn(C)cc2cc1C(=O)Nc1cnc(N2CCNC(C)(C)C2)cn1. The van der Waals surface area contributed by atoms with Crippen LogP contribution in [-0.2, 0) is 7.05 Å². The number of nitrogens with zero attached hydrogens (tertiary/aromatic N) is 5. The molecule has 3 aromatic rings. The van der Waals surface area contributed by atoms with Crippen LogP contribution < -0.4 is 20.3 Å². The Morgan fingerprint density at radius 1 is 1.30 bits per heavy atom. The molecule has 1 fully saturated rings. The summed E-state index contributed by atoms with van der Waals surface area (Å²) in [6, 6.07) is 3.57. The minimum Gasteiger partial charge on any atom is -0.493 e. The van der Waals surface area contributed by atoms with Crippen molar-refractivity contribution >= 4 is 28.4 Å². The van der Waals surface area contributed by atoms with Crippen molar-refractivity contribution in [2.24, 2.45) is 7.05 Å². The lowest BCUT2D eigenvalue weighted by Gasteiger charge is -2.39. The van der Waals surface area contributed by atoms with E-state index in [0.29, 0.717) is 23.7 Å². The van der Waals surface area contributed by atoms with Gasteiger partial charge < -0.3 is 20.3 Å². The molecular formula is C21H27N7O2. The standard InChI is InChI=1S/C21H27N7O2/c1-5-30-17-9-16-14(12-27(4)26-16)8-15(17)20(29)25-18-10-23-19(11-22-18)28-7-6-24-21(2,3)13-28/h8-12,24H,5-7,13H2,1-4H3,(H,22,25,29). The van der Waals surface area contributed by atoms with Gasteiger partial charge in [0.05, 0.1) is 30.1 Å². The van der Waals surface area contributed by atoms with Crippen LogP contribution in [0.25, 0.3) is 10.9 Å². The van der Waals surface area contributed by atoms with Gasteiger partial charge in [-0.25, -0.2) is 9.97 Å². The topological polar surface area (TPSA) is 97.2 Å². The predicted molar refractivity (Wildman–Crippen MR) is 116 cm³/mol. The van der Waals surface area contributed by atoms with Crippen molar-refractivity contribution < 1.29 is 9.53 Å². The van der Waals surface area contributed by atoms with Gasteiger partial charge in [0.2, 0.25) is 0 Å². The first-order valence-corrected chi connectivity index (χ1v) is 10.1. The second-order valence-electron chi connectivity index (χ2n) is 8.09. The molecule has 9 heteroatoms. The highest BCUT2D eigenvalue weighted by Gasteiger charge is 2.26. The maximum absolute atomic E-state index is 12.9. The molecule has 4 rings (SSSR count). The second-order valence-corrected chi connectivity index (χ2v) is 8.09. The number of carbonyl (C=O) groups is 1. The number of aromatic nitrogens is 4. The molecule has 1 amide bonds. The van der Waals surface area contributed by atoms with E-state index in [9.17, 15) is 4.79 Å². The quantitative estimate of drug-likeness (QED) is 0.667. The van der Waals surface area contributed by atoms with Crippen LogP contribution >= 0.6 is 0 Å². The van der Waals surface area contributed by atoms with Crippen molar-refractivity contribution in [2.45, 2.75) is 26.3 Å². The minimum absolute atomic E-state index is 0.0213. The van der Waals surface area contributed by atoms with Crippen molar-refractivity contribution in [1.82, 2.24) is 25.1 Å². The molecule has 1 aromatic carbocycles. The van der Waals surface area contributed by atoms with Gasteiger partial charge in [0.15, 0.2) is 5.82 Å². The Hall–Kier alpha value is -3.20. The van der Waals surface area contributed by atoms with Crippen molar-refractivity contribution in [3.05, 3.63) is 36.3 Å². The molecule has 0 aliphatic carbocycles. The highest BCUT2D eigenvalue weighted by atomic mass is 16.5. The fraction of sp³-hybridized carbons (Fsp3) is 0.429. The van der Waals surface area contributed by atoms with E-state index in [2.05, 4.69) is 44.4 Å². The van der Waals surface area contributed by atoms with Crippen LogP contribution in [0, 0.1) is 0 Å². The summed E-state index contributed by atoms with van der Waals surface area (Å²) < 4.78 is 7.38. The molecule has 0 saturated carbocycles. The maximum Gasteiger partial charge on any atom is 0.260 e. The van der Waals surface area contributed by atoms with Crippen molar-refractivity contribution in [1.29, 1.82) is 0 Å². The number of hydrogen-bond acceptors (Lipinski definition) is 7. The Morgan fingerprint density at radius 3 is 2.83 bits per heavy atom. The van der Waals surface area contributed by atoms with Gasteiger partial charge in [0.1, 0.15) is 11.6 Å². The maximum atomic E-state index is 12.9. The molecule has 0 unspecified atom stereocenters.